The molecular formula is C20H16N2OS. The summed E-state index contributed by atoms with van der Waals surface area (Å²) >= 11 is 1.72. The minimum Gasteiger partial charge on any atom is -0.419 e. The van der Waals surface area contributed by atoms with Crippen molar-refractivity contribution >= 4 is 22.5 Å². The Morgan fingerprint density at radius 2 is 1.58 bits per heavy atom. The molecule has 24 heavy (non-hydrogen) atoms. The van der Waals surface area contributed by atoms with Crippen LogP contribution in [0.15, 0.2) is 82.1 Å². The summed E-state index contributed by atoms with van der Waals surface area (Å²) < 4.78 is 5.85. The number of hydrogen-bond acceptors (Lipinski definition) is 4. The van der Waals surface area contributed by atoms with Gasteiger partial charge < -0.3 is 4.42 Å². The van der Waals surface area contributed by atoms with Crippen LogP contribution in [-0.2, 0) is 0 Å². The maximum absolute atomic E-state index is 5.85. The number of aromatic nitrogens is 2. The summed E-state index contributed by atoms with van der Waals surface area (Å²) in [7, 11) is 0. The molecule has 0 N–H and O–H groups in total. The van der Waals surface area contributed by atoms with Crippen molar-refractivity contribution in [2.24, 2.45) is 0 Å². The van der Waals surface area contributed by atoms with Crippen molar-refractivity contribution in [2.75, 3.05) is 0 Å². The van der Waals surface area contributed by atoms with Gasteiger partial charge in [-0.2, -0.15) is 0 Å². The Hall–Kier alpha value is -2.59. The maximum Gasteiger partial charge on any atom is 0.247 e. The molecule has 1 atom stereocenters. The van der Waals surface area contributed by atoms with Crippen LogP contribution in [0.3, 0.4) is 0 Å². The van der Waals surface area contributed by atoms with Crippen LogP contribution in [0.5, 0.6) is 0 Å². The predicted octanol–water partition coefficient (Wildman–Crippen LogP) is 5.74. The highest BCUT2D eigenvalue weighted by Crippen LogP contribution is 2.36. The van der Waals surface area contributed by atoms with E-state index in [1.807, 2.05) is 30.3 Å². The fraction of sp³-hybridized carbons (Fsp3) is 0.100. The summed E-state index contributed by atoms with van der Waals surface area (Å²) in [6.45, 7) is 2.09. The van der Waals surface area contributed by atoms with Crippen molar-refractivity contribution in [2.45, 2.75) is 17.1 Å². The Morgan fingerprint density at radius 3 is 2.42 bits per heavy atom. The van der Waals surface area contributed by atoms with Crippen molar-refractivity contribution in [3.63, 3.8) is 0 Å². The molecule has 0 saturated carbocycles. The Balaban J connectivity index is 1.55. The topological polar surface area (TPSA) is 38.9 Å². The Labute approximate surface area is 144 Å². The number of benzene rings is 3. The molecule has 0 spiro atoms. The zero-order valence-corrected chi connectivity index (χ0v) is 14.0. The van der Waals surface area contributed by atoms with Crippen LogP contribution in [0, 0.1) is 0 Å². The molecule has 4 aromatic rings. The van der Waals surface area contributed by atoms with Gasteiger partial charge >= 0.3 is 0 Å². The molecule has 0 aliphatic carbocycles. The van der Waals surface area contributed by atoms with Gasteiger partial charge in [-0.05, 0) is 42.0 Å². The fourth-order valence-corrected chi connectivity index (χ4v) is 3.54. The highest BCUT2D eigenvalue weighted by Gasteiger charge is 2.16. The Kier molecular flexibility index (Phi) is 4.05. The first-order valence-electron chi connectivity index (χ1n) is 7.84. The average Bonchev–Trinajstić information content (AvgIpc) is 3.13. The van der Waals surface area contributed by atoms with Crippen LogP contribution < -0.4 is 0 Å². The quantitative estimate of drug-likeness (QED) is 0.446. The van der Waals surface area contributed by atoms with Crippen LogP contribution in [0.1, 0.15) is 18.1 Å². The Morgan fingerprint density at radius 1 is 0.833 bits per heavy atom. The number of hydrogen-bond donors (Lipinski definition) is 0. The summed E-state index contributed by atoms with van der Waals surface area (Å²) in [6, 6.07) is 24.7. The predicted molar refractivity (Wildman–Crippen MR) is 98.0 cm³/mol. The van der Waals surface area contributed by atoms with E-state index in [4.69, 9.17) is 4.42 Å². The molecule has 1 unspecified atom stereocenters. The highest BCUT2D eigenvalue weighted by molar-refractivity contribution is 7.99. The summed E-state index contributed by atoms with van der Waals surface area (Å²) in [5.74, 6) is 1.21. The molecule has 3 nitrogen and oxygen atoms in total. The van der Waals surface area contributed by atoms with E-state index in [1.165, 1.54) is 15.7 Å². The number of rotatable bonds is 4. The number of nitrogens with zero attached hydrogens (tertiary/aromatic N) is 2. The first kappa shape index (κ1) is 15.0. The fourth-order valence-electron chi connectivity index (χ4n) is 2.59. The van der Waals surface area contributed by atoms with Crippen molar-refractivity contribution in [3.8, 4) is 11.5 Å². The molecule has 0 aliphatic rings. The lowest BCUT2D eigenvalue weighted by Gasteiger charge is -2.07. The number of fused-ring (bicyclic) bond motifs is 1. The number of thioether (sulfide) groups is 1. The van der Waals surface area contributed by atoms with E-state index in [0.717, 1.165) is 5.56 Å². The summed E-state index contributed by atoms with van der Waals surface area (Å²) in [4.78, 5) is 1.20. The largest absolute Gasteiger partial charge is 0.419 e. The van der Waals surface area contributed by atoms with Crippen molar-refractivity contribution in [1.82, 2.24) is 10.2 Å². The monoisotopic (exact) mass is 332 g/mol. The van der Waals surface area contributed by atoms with E-state index in [2.05, 4.69) is 59.6 Å². The van der Waals surface area contributed by atoms with E-state index in [1.54, 1.807) is 11.8 Å². The summed E-state index contributed by atoms with van der Waals surface area (Å²) in [5.41, 5.74) is 0.944. The van der Waals surface area contributed by atoms with Crippen LogP contribution in [0.2, 0.25) is 0 Å². The second kappa shape index (κ2) is 6.49. The van der Waals surface area contributed by atoms with E-state index >= 15 is 0 Å². The van der Waals surface area contributed by atoms with Crippen LogP contribution >= 0.6 is 11.8 Å². The zero-order valence-electron chi connectivity index (χ0n) is 13.2. The smallest absolute Gasteiger partial charge is 0.247 e. The van der Waals surface area contributed by atoms with E-state index < -0.39 is 0 Å². The molecule has 0 aliphatic heterocycles. The molecule has 1 aromatic heterocycles. The van der Waals surface area contributed by atoms with Crippen molar-refractivity contribution < 1.29 is 4.42 Å². The molecule has 4 heteroatoms. The van der Waals surface area contributed by atoms with Crippen molar-refractivity contribution in [1.29, 1.82) is 0 Å². The summed E-state index contributed by atoms with van der Waals surface area (Å²) in [5, 5.41) is 11.0. The van der Waals surface area contributed by atoms with E-state index in [-0.39, 0.29) is 5.25 Å². The molecule has 0 radical (unpaired) electrons. The SMILES string of the molecule is CC(Sc1ccc2ccccc2c1)c1nnc(-c2ccccc2)o1. The van der Waals surface area contributed by atoms with Crippen molar-refractivity contribution in [3.05, 3.63) is 78.7 Å². The normalized spacial score (nSPS) is 12.4. The van der Waals surface area contributed by atoms with Gasteiger partial charge in [0.15, 0.2) is 0 Å². The molecule has 0 fully saturated rings. The lowest BCUT2D eigenvalue weighted by Crippen LogP contribution is -1.88. The average molecular weight is 332 g/mol. The standard InChI is InChI=1S/C20H16N2OS/c1-14(19-21-22-20(23-19)16-8-3-2-4-9-16)24-18-12-11-15-7-5-6-10-17(15)13-18/h2-14H,1H3. The highest BCUT2D eigenvalue weighted by atomic mass is 32.2. The van der Waals surface area contributed by atoms with Gasteiger partial charge in [0.2, 0.25) is 11.8 Å². The first-order chi connectivity index (χ1) is 11.8. The molecule has 3 aromatic carbocycles. The maximum atomic E-state index is 5.85. The van der Waals surface area contributed by atoms with E-state index in [9.17, 15) is 0 Å². The molecule has 118 valence electrons. The van der Waals surface area contributed by atoms with Gasteiger partial charge in [0, 0.05) is 10.5 Å². The van der Waals surface area contributed by atoms with Crippen LogP contribution in [0.25, 0.3) is 22.2 Å². The lowest BCUT2D eigenvalue weighted by molar-refractivity contribution is 0.509. The second-order valence-electron chi connectivity index (χ2n) is 5.58. The lowest BCUT2D eigenvalue weighted by atomic mass is 10.1. The van der Waals surface area contributed by atoms with Gasteiger partial charge in [0.1, 0.15) is 0 Å². The van der Waals surface area contributed by atoms with Crippen LogP contribution in [-0.4, -0.2) is 10.2 Å². The molecule has 1 heterocycles. The third kappa shape index (κ3) is 3.05. The molecule has 0 saturated heterocycles. The minimum atomic E-state index is 0.0936. The van der Waals surface area contributed by atoms with Gasteiger partial charge in [-0.15, -0.1) is 22.0 Å². The van der Waals surface area contributed by atoms with E-state index in [0.29, 0.717) is 11.8 Å². The third-order valence-electron chi connectivity index (χ3n) is 3.84. The molecule has 0 bridgehead atoms. The molecular weight excluding hydrogens is 316 g/mol. The summed E-state index contributed by atoms with van der Waals surface area (Å²) in [6.07, 6.45) is 0. The second-order valence-corrected chi connectivity index (χ2v) is 6.99. The first-order valence-corrected chi connectivity index (χ1v) is 8.72. The van der Waals surface area contributed by atoms with Crippen LogP contribution in [0.4, 0.5) is 0 Å². The Bertz CT molecular complexity index is 965. The van der Waals surface area contributed by atoms with Gasteiger partial charge in [0.05, 0.1) is 5.25 Å². The van der Waals surface area contributed by atoms with Gasteiger partial charge in [0.25, 0.3) is 0 Å². The zero-order chi connectivity index (χ0) is 16.4. The third-order valence-corrected chi connectivity index (χ3v) is 4.92. The van der Waals surface area contributed by atoms with Gasteiger partial charge in [-0.1, -0.05) is 48.5 Å². The minimum absolute atomic E-state index is 0.0936. The van der Waals surface area contributed by atoms with Gasteiger partial charge in [-0.25, -0.2) is 0 Å². The molecule has 4 rings (SSSR count). The molecule has 0 amide bonds. The van der Waals surface area contributed by atoms with Gasteiger partial charge in [-0.3, -0.25) is 0 Å².